The predicted molar refractivity (Wildman–Crippen MR) is 80.6 cm³/mol. The van der Waals surface area contributed by atoms with Crippen LogP contribution in [0.25, 0.3) is 0 Å². The number of aryl methyl sites for hydroxylation is 1. The van der Waals surface area contributed by atoms with Crippen molar-refractivity contribution in [2.45, 2.75) is 6.92 Å². The summed E-state index contributed by atoms with van der Waals surface area (Å²) < 4.78 is 0.856. The lowest BCUT2D eigenvalue weighted by Crippen LogP contribution is -2.13. The van der Waals surface area contributed by atoms with E-state index in [9.17, 15) is 4.79 Å². The highest BCUT2D eigenvalue weighted by Gasteiger charge is 2.09. The van der Waals surface area contributed by atoms with E-state index in [0.717, 1.165) is 15.7 Å². The van der Waals surface area contributed by atoms with Crippen LogP contribution in [0.5, 0.6) is 0 Å². The number of carbonyl (C=O) groups is 1. The fourth-order valence-electron chi connectivity index (χ4n) is 1.64. The molecular formula is C14H14BrN3O. The number of pyridine rings is 1. The molecule has 0 saturated carbocycles. The number of hydrogen-bond donors (Lipinski definition) is 2. The molecule has 0 aliphatic carbocycles. The average Bonchev–Trinajstić information content (AvgIpc) is 2.43. The highest BCUT2D eigenvalue weighted by Crippen LogP contribution is 2.24. The third kappa shape index (κ3) is 3.32. The molecule has 1 aromatic heterocycles. The fraction of sp³-hybridized carbons (Fsp3) is 0.143. The Bertz CT molecular complexity index is 613. The normalized spacial score (nSPS) is 10.1. The van der Waals surface area contributed by atoms with Gasteiger partial charge < -0.3 is 10.6 Å². The maximum atomic E-state index is 12.2. The third-order valence-electron chi connectivity index (χ3n) is 2.65. The molecule has 0 aliphatic heterocycles. The van der Waals surface area contributed by atoms with E-state index in [1.54, 1.807) is 25.4 Å². The molecule has 1 aromatic carbocycles. The molecule has 2 aromatic rings. The van der Waals surface area contributed by atoms with Crippen molar-refractivity contribution in [2.24, 2.45) is 0 Å². The summed E-state index contributed by atoms with van der Waals surface area (Å²) in [6, 6.07) is 9.20. The van der Waals surface area contributed by atoms with Gasteiger partial charge in [0.2, 0.25) is 0 Å². The van der Waals surface area contributed by atoms with Crippen molar-refractivity contribution < 1.29 is 4.79 Å². The molecule has 0 atom stereocenters. The van der Waals surface area contributed by atoms with E-state index < -0.39 is 0 Å². The summed E-state index contributed by atoms with van der Waals surface area (Å²) in [4.78, 5) is 16.2. The summed E-state index contributed by atoms with van der Waals surface area (Å²) in [5.41, 5.74) is 2.41. The minimum absolute atomic E-state index is 0.162. The average molecular weight is 320 g/mol. The van der Waals surface area contributed by atoms with Gasteiger partial charge in [-0.2, -0.15) is 0 Å². The Hall–Kier alpha value is -1.88. The zero-order valence-electron chi connectivity index (χ0n) is 10.7. The maximum absolute atomic E-state index is 12.2. The topological polar surface area (TPSA) is 54.0 Å². The number of carbonyl (C=O) groups excluding carboxylic acids is 1. The molecule has 0 aliphatic rings. The van der Waals surface area contributed by atoms with Crippen molar-refractivity contribution in [3.63, 3.8) is 0 Å². The molecule has 2 rings (SSSR count). The van der Waals surface area contributed by atoms with E-state index in [-0.39, 0.29) is 5.91 Å². The molecular weight excluding hydrogens is 306 g/mol. The summed E-state index contributed by atoms with van der Waals surface area (Å²) in [5.74, 6) is 0.501. The molecule has 5 heteroatoms. The van der Waals surface area contributed by atoms with Crippen molar-refractivity contribution in [3.05, 3.63) is 52.1 Å². The number of nitrogens with zero attached hydrogens (tertiary/aromatic N) is 1. The molecule has 19 heavy (non-hydrogen) atoms. The van der Waals surface area contributed by atoms with Crippen molar-refractivity contribution in [2.75, 3.05) is 17.7 Å². The highest BCUT2D eigenvalue weighted by molar-refractivity contribution is 9.10. The molecule has 0 unspecified atom stereocenters. The number of amides is 1. The minimum atomic E-state index is -0.162. The third-order valence-corrected chi connectivity index (χ3v) is 3.34. The lowest BCUT2D eigenvalue weighted by Gasteiger charge is -2.09. The molecule has 2 N–H and O–H groups in total. The first-order valence-electron chi connectivity index (χ1n) is 5.81. The lowest BCUT2D eigenvalue weighted by molar-refractivity contribution is 0.102. The Morgan fingerprint density at radius 2 is 2.05 bits per heavy atom. The highest BCUT2D eigenvalue weighted by atomic mass is 79.9. The Kier molecular flexibility index (Phi) is 4.16. The smallest absolute Gasteiger partial charge is 0.255 e. The van der Waals surface area contributed by atoms with Crippen LogP contribution >= 0.6 is 15.9 Å². The number of halogens is 1. The van der Waals surface area contributed by atoms with E-state index in [2.05, 4.69) is 31.5 Å². The monoisotopic (exact) mass is 319 g/mol. The Balaban J connectivity index is 2.22. The van der Waals surface area contributed by atoms with Crippen molar-refractivity contribution in [1.29, 1.82) is 0 Å². The van der Waals surface area contributed by atoms with Crippen LogP contribution in [0.3, 0.4) is 0 Å². The zero-order valence-corrected chi connectivity index (χ0v) is 12.3. The van der Waals surface area contributed by atoms with Gasteiger partial charge in [-0.1, -0.05) is 6.07 Å². The lowest BCUT2D eigenvalue weighted by atomic mass is 10.2. The van der Waals surface area contributed by atoms with E-state index in [0.29, 0.717) is 11.4 Å². The van der Waals surface area contributed by atoms with Gasteiger partial charge in [-0.25, -0.2) is 4.98 Å². The van der Waals surface area contributed by atoms with Crippen molar-refractivity contribution in [1.82, 2.24) is 4.98 Å². The van der Waals surface area contributed by atoms with Crippen LogP contribution < -0.4 is 10.6 Å². The van der Waals surface area contributed by atoms with E-state index in [1.807, 2.05) is 25.1 Å². The van der Waals surface area contributed by atoms with Gasteiger partial charge in [-0.15, -0.1) is 0 Å². The van der Waals surface area contributed by atoms with Gasteiger partial charge in [0, 0.05) is 23.3 Å². The molecule has 0 fully saturated rings. The van der Waals surface area contributed by atoms with Crippen LogP contribution in [0.2, 0.25) is 0 Å². The first kappa shape index (κ1) is 13.5. The summed E-state index contributed by atoms with van der Waals surface area (Å²) in [7, 11) is 1.77. The van der Waals surface area contributed by atoms with Gasteiger partial charge in [0.25, 0.3) is 5.91 Å². The molecule has 4 nitrogen and oxygen atoms in total. The SMILES string of the molecule is CNc1cc(C(=O)Nc2cc(C)ccc2Br)ccn1. The van der Waals surface area contributed by atoms with Gasteiger partial charge in [0.1, 0.15) is 5.82 Å². The first-order chi connectivity index (χ1) is 9.10. The second-order valence-corrected chi connectivity index (χ2v) is 4.97. The molecule has 0 saturated heterocycles. The van der Waals surface area contributed by atoms with Gasteiger partial charge >= 0.3 is 0 Å². The molecule has 1 amide bonds. The van der Waals surface area contributed by atoms with Crippen LogP contribution in [-0.2, 0) is 0 Å². The van der Waals surface area contributed by atoms with Crippen LogP contribution in [0.1, 0.15) is 15.9 Å². The number of hydrogen-bond acceptors (Lipinski definition) is 3. The molecule has 0 spiro atoms. The van der Waals surface area contributed by atoms with Crippen LogP contribution in [0.4, 0.5) is 11.5 Å². The number of anilines is 2. The Morgan fingerprint density at radius 1 is 1.26 bits per heavy atom. The second kappa shape index (κ2) is 5.84. The number of aromatic nitrogens is 1. The van der Waals surface area contributed by atoms with Crippen molar-refractivity contribution >= 4 is 33.3 Å². The van der Waals surface area contributed by atoms with Gasteiger partial charge in [0.05, 0.1) is 5.69 Å². The second-order valence-electron chi connectivity index (χ2n) is 4.12. The quantitative estimate of drug-likeness (QED) is 0.911. The first-order valence-corrected chi connectivity index (χ1v) is 6.61. The van der Waals surface area contributed by atoms with E-state index in [4.69, 9.17) is 0 Å². The molecule has 1 heterocycles. The van der Waals surface area contributed by atoms with Crippen LogP contribution in [0, 0.1) is 6.92 Å². The van der Waals surface area contributed by atoms with Gasteiger partial charge in [-0.05, 0) is 52.7 Å². The van der Waals surface area contributed by atoms with Crippen LogP contribution in [0.15, 0.2) is 41.0 Å². The summed E-state index contributed by atoms with van der Waals surface area (Å²) in [5, 5.41) is 5.78. The number of nitrogens with one attached hydrogen (secondary N) is 2. The van der Waals surface area contributed by atoms with Crippen LogP contribution in [-0.4, -0.2) is 17.9 Å². The van der Waals surface area contributed by atoms with Gasteiger partial charge in [0.15, 0.2) is 0 Å². The Labute approximate surface area is 120 Å². The molecule has 0 bridgehead atoms. The number of rotatable bonds is 3. The predicted octanol–water partition coefficient (Wildman–Crippen LogP) is 3.45. The molecule has 98 valence electrons. The van der Waals surface area contributed by atoms with E-state index in [1.165, 1.54) is 0 Å². The summed E-state index contributed by atoms with van der Waals surface area (Å²) in [6.07, 6.45) is 1.60. The van der Waals surface area contributed by atoms with E-state index >= 15 is 0 Å². The molecule has 0 radical (unpaired) electrons. The maximum Gasteiger partial charge on any atom is 0.255 e. The fourth-order valence-corrected chi connectivity index (χ4v) is 1.98. The summed E-state index contributed by atoms with van der Waals surface area (Å²) in [6.45, 7) is 1.98. The van der Waals surface area contributed by atoms with Crippen molar-refractivity contribution in [3.8, 4) is 0 Å². The minimum Gasteiger partial charge on any atom is -0.373 e. The summed E-state index contributed by atoms with van der Waals surface area (Å²) >= 11 is 3.42. The van der Waals surface area contributed by atoms with Gasteiger partial charge in [-0.3, -0.25) is 4.79 Å². The number of benzene rings is 1. The standard InChI is InChI=1S/C14H14BrN3O/c1-9-3-4-11(15)12(7-9)18-14(19)10-5-6-17-13(8-10)16-2/h3-8H,1-2H3,(H,16,17)(H,18,19). The zero-order chi connectivity index (χ0) is 13.8. The largest absolute Gasteiger partial charge is 0.373 e. The Morgan fingerprint density at radius 3 is 2.79 bits per heavy atom.